The van der Waals surface area contributed by atoms with Crippen molar-refractivity contribution in [3.63, 3.8) is 0 Å². The minimum atomic E-state index is 0.277. The molecule has 6 heteroatoms. The van der Waals surface area contributed by atoms with Crippen molar-refractivity contribution in [1.82, 2.24) is 25.1 Å². The highest BCUT2D eigenvalue weighted by Gasteiger charge is 2.22. The topological polar surface area (TPSA) is 55.6 Å². The number of rotatable bonds is 1. The van der Waals surface area contributed by atoms with Crippen LogP contribution < -0.4 is 5.32 Å². The second-order valence-electron chi connectivity index (χ2n) is 3.58. The van der Waals surface area contributed by atoms with Gasteiger partial charge >= 0.3 is 0 Å². The lowest BCUT2D eigenvalue weighted by Crippen LogP contribution is -2.32. The van der Waals surface area contributed by atoms with Crippen LogP contribution in [0.4, 0.5) is 0 Å². The zero-order chi connectivity index (χ0) is 10.3. The van der Waals surface area contributed by atoms with Crippen molar-refractivity contribution in [2.75, 3.05) is 6.54 Å². The molecular weight excluding hydrogens is 210 g/mol. The van der Waals surface area contributed by atoms with Crippen LogP contribution in [0.1, 0.15) is 18.8 Å². The Balaban J connectivity index is 2.11. The Labute approximate surface area is 91.2 Å². The van der Waals surface area contributed by atoms with Gasteiger partial charge in [-0.3, -0.25) is 0 Å². The molecule has 0 amide bonds. The first kappa shape index (κ1) is 8.99. The van der Waals surface area contributed by atoms with E-state index in [1.54, 1.807) is 11.3 Å². The molecule has 2 aromatic rings. The van der Waals surface area contributed by atoms with Crippen molar-refractivity contribution < 1.29 is 0 Å². The quantitative estimate of drug-likeness (QED) is 0.782. The Morgan fingerprint density at radius 2 is 2.47 bits per heavy atom. The van der Waals surface area contributed by atoms with Gasteiger partial charge in [-0.2, -0.15) is 0 Å². The number of fused-ring (bicyclic) bond motifs is 1. The fourth-order valence-electron chi connectivity index (χ4n) is 1.85. The van der Waals surface area contributed by atoms with E-state index in [2.05, 4.69) is 32.0 Å². The SMILES string of the molecule is CC1NCCn2c(-c3cscn3)nnc21. The molecule has 1 unspecified atom stereocenters. The van der Waals surface area contributed by atoms with Gasteiger partial charge in [0, 0.05) is 18.5 Å². The first-order chi connectivity index (χ1) is 7.36. The maximum Gasteiger partial charge on any atom is 0.183 e. The predicted molar refractivity (Wildman–Crippen MR) is 57.5 cm³/mol. The minimum Gasteiger partial charge on any atom is -0.307 e. The summed E-state index contributed by atoms with van der Waals surface area (Å²) in [4.78, 5) is 4.27. The molecular formula is C9H11N5S. The van der Waals surface area contributed by atoms with E-state index in [1.165, 1.54) is 0 Å². The Hall–Kier alpha value is -1.27. The Morgan fingerprint density at radius 1 is 1.53 bits per heavy atom. The van der Waals surface area contributed by atoms with Crippen LogP contribution in [0.5, 0.6) is 0 Å². The molecule has 0 saturated heterocycles. The molecule has 0 spiro atoms. The van der Waals surface area contributed by atoms with E-state index in [4.69, 9.17) is 0 Å². The lowest BCUT2D eigenvalue weighted by atomic mass is 10.2. The van der Waals surface area contributed by atoms with E-state index >= 15 is 0 Å². The van der Waals surface area contributed by atoms with Gasteiger partial charge in [0.15, 0.2) is 5.82 Å². The summed E-state index contributed by atoms with van der Waals surface area (Å²) in [6.45, 7) is 3.98. The Bertz CT molecular complexity index is 461. The molecule has 1 atom stereocenters. The van der Waals surface area contributed by atoms with E-state index < -0.39 is 0 Å². The molecule has 0 fully saturated rings. The molecule has 3 rings (SSSR count). The number of hydrogen-bond acceptors (Lipinski definition) is 5. The summed E-state index contributed by atoms with van der Waals surface area (Å²) >= 11 is 1.58. The van der Waals surface area contributed by atoms with Crippen LogP contribution >= 0.6 is 11.3 Å². The van der Waals surface area contributed by atoms with Crippen molar-refractivity contribution in [1.29, 1.82) is 0 Å². The third-order valence-electron chi connectivity index (χ3n) is 2.61. The molecule has 0 bridgehead atoms. The molecule has 0 radical (unpaired) electrons. The van der Waals surface area contributed by atoms with Crippen molar-refractivity contribution in [2.45, 2.75) is 19.5 Å². The lowest BCUT2D eigenvalue weighted by molar-refractivity contribution is 0.439. The number of aromatic nitrogens is 4. The monoisotopic (exact) mass is 221 g/mol. The lowest BCUT2D eigenvalue weighted by Gasteiger charge is -2.21. The van der Waals surface area contributed by atoms with Crippen molar-refractivity contribution in [3.8, 4) is 11.5 Å². The summed E-state index contributed by atoms with van der Waals surface area (Å²) < 4.78 is 2.15. The first-order valence-electron chi connectivity index (χ1n) is 4.91. The van der Waals surface area contributed by atoms with Crippen molar-refractivity contribution in [3.05, 3.63) is 16.7 Å². The molecule has 78 valence electrons. The van der Waals surface area contributed by atoms with Gasteiger partial charge in [0.25, 0.3) is 0 Å². The molecule has 0 aliphatic carbocycles. The predicted octanol–water partition coefficient (Wildman–Crippen LogP) is 1.07. The second-order valence-corrected chi connectivity index (χ2v) is 4.30. The third kappa shape index (κ3) is 1.37. The van der Waals surface area contributed by atoms with Crippen LogP contribution in [0.25, 0.3) is 11.5 Å². The van der Waals surface area contributed by atoms with Gasteiger partial charge in [0.1, 0.15) is 11.5 Å². The largest absolute Gasteiger partial charge is 0.307 e. The van der Waals surface area contributed by atoms with Gasteiger partial charge in [-0.05, 0) is 6.92 Å². The molecule has 3 heterocycles. The molecule has 15 heavy (non-hydrogen) atoms. The molecule has 0 saturated carbocycles. The number of nitrogens with one attached hydrogen (secondary N) is 1. The van der Waals surface area contributed by atoms with Gasteiger partial charge in [0.2, 0.25) is 0 Å². The Kier molecular flexibility index (Phi) is 2.03. The van der Waals surface area contributed by atoms with E-state index in [0.29, 0.717) is 0 Å². The molecule has 5 nitrogen and oxygen atoms in total. The van der Waals surface area contributed by atoms with Gasteiger partial charge in [0.05, 0.1) is 11.6 Å². The number of nitrogens with zero attached hydrogens (tertiary/aromatic N) is 4. The molecule has 1 aliphatic heterocycles. The van der Waals surface area contributed by atoms with E-state index in [1.807, 2.05) is 10.9 Å². The number of thiazole rings is 1. The average Bonchev–Trinajstić information content (AvgIpc) is 2.85. The van der Waals surface area contributed by atoms with Gasteiger partial charge < -0.3 is 9.88 Å². The highest BCUT2D eigenvalue weighted by atomic mass is 32.1. The maximum absolute atomic E-state index is 4.27. The second kappa shape index (κ2) is 3.39. The fraction of sp³-hybridized carbons (Fsp3) is 0.444. The van der Waals surface area contributed by atoms with Crippen LogP contribution in [0.15, 0.2) is 10.9 Å². The molecule has 0 aromatic carbocycles. The smallest absolute Gasteiger partial charge is 0.183 e. The zero-order valence-corrected chi connectivity index (χ0v) is 9.16. The van der Waals surface area contributed by atoms with Crippen LogP contribution in [0.3, 0.4) is 0 Å². The molecule has 1 aliphatic rings. The van der Waals surface area contributed by atoms with E-state index in [0.717, 1.165) is 30.4 Å². The minimum absolute atomic E-state index is 0.277. The van der Waals surface area contributed by atoms with Crippen molar-refractivity contribution in [2.24, 2.45) is 0 Å². The summed E-state index contributed by atoms with van der Waals surface area (Å²) in [5.41, 5.74) is 2.74. The summed E-state index contributed by atoms with van der Waals surface area (Å²) in [7, 11) is 0. The highest BCUT2D eigenvalue weighted by molar-refractivity contribution is 7.07. The third-order valence-corrected chi connectivity index (χ3v) is 3.20. The van der Waals surface area contributed by atoms with Crippen LogP contribution in [0.2, 0.25) is 0 Å². The van der Waals surface area contributed by atoms with E-state index in [-0.39, 0.29) is 6.04 Å². The Morgan fingerprint density at radius 3 is 3.27 bits per heavy atom. The molecule has 2 aromatic heterocycles. The molecule has 1 N–H and O–H groups in total. The standard InChI is InChI=1S/C9H11N5S/c1-6-8-12-13-9(7-4-15-5-11-7)14(8)3-2-10-6/h4-6,10H,2-3H2,1H3. The normalized spacial score (nSPS) is 20.2. The highest BCUT2D eigenvalue weighted by Crippen LogP contribution is 2.22. The van der Waals surface area contributed by atoms with Gasteiger partial charge in [-0.15, -0.1) is 21.5 Å². The van der Waals surface area contributed by atoms with Crippen LogP contribution in [-0.4, -0.2) is 26.3 Å². The summed E-state index contributed by atoms with van der Waals surface area (Å²) in [5.74, 6) is 1.89. The fourth-order valence-corrected chi connectivity index (χ4v) is 2.38. The van der Waals surface area contributed by atoms with Crippen LogP contribution in [0, 0.1) is 0 Å². The van der Waals surface area contributed by atoms with Crippen molar-refractivity contribution >= 4 is 11.3 Å². The van der Waals surface area contributed by atoms with Gasteiger partial charge in [-0.1, -0.05) is 0 Å². The van der Waals surface area contributed by atoms with Gasteiger partial charge in [-0.25, -0.2) is 4.98 Å². The maximum atomic E-state index is 4.27. The summed E-state index contributed by atoms with van der Waals surface area (Å²) in [5, 5.41) is 13.8. The number of hydrogen-bond donors (Lipinski definition) is 1. The average molecular weight is 221 g/mol. The summed E-state index contributed by atoms with van der Waals surface area (Å²) in [6.07, 6.45) is 0. The summed E-state index contributed by atoms with van der Waals surface area (Å²) in [6, 6.07) is 0.277. The van der Waals surface area contributed by atoms with E-state index in [9.17, 15) is 0 Å². The first-order valence-corrected chi connectivity index (χ1v) is 5.85. The zero-order valence-electron chi connectivity index (χ0n) is 8.34. The van der Waals surface area contributed by atoms with Crippen LogP contribution in [-0.2, 0) is 6.54 Å².